The van der Waals surface area contributed by atoms with Gasteiger partial charge in [-0.1, -0.05) is 48.5 Å². The highest BCUT2D eigenvalue weighted by Crippen LogP contribution is 2.35. The van der Waals surface area contributed by atoms with E-state index in [4.69, 9.17) is 4.74 Å². The van der Waals surface area contributed by atoms with Crippen LogP contribution in [-0.4, -0.2) is 18.0 Å². The van der Waals surface area contributed by atoms with E-state index in [2.05, 4.69) is 59.5 Å². The van der Waals surface area contributed by atoms with E-state index in [0.29, 0.717) is 0 Å². The van der Waals surface area contributed by atoms with Crippen LogP contribution in [0.2, 0.25) is 0 Å². The van der Waals surface area contributed by atoms with E-state index in [1.165, 1.54) is 30.5 Å². The molecule has 4 rings (SSSR count). The smallest absolute Gasteiger partial charge is 0.136 e. The highest BCUT2D eigenvalue weighted by molar-refractivity contribution is 5.35. The Morgan fingerprint density at radius 1 is 0.952 bits per heavy atom. The fraction of sp³-hybridized carbons (Fsp3) is 0.368. The van der Waals surface area contributed by atoms with Crippen molar-refractivity contribution in [3.8, 4) is 5.75 Å². The Morgan fingerprint density at radius 2 is 1.71 bits per heavy atom. The first-order chi connectivity index (χ1) is 10.4. The van der Waals surface area contributed by atoms with Gasteiger partial charge in [0.25, 0.3) is 0 Å². The number of ether oxygens (including phenoxy) is 1. The predicted octanol–water partition coefficient (Wildman–Crippen LogP) is 4.03. The normalized spacial score (nSPS) is 22.2. The Morgan fingerprint density at radius 3 is 2.52 bits per heavy atom. The third kappa shape index (κ3) is 2.96. The van der Waals surface area contributed by atoms with Crippen LogP contribution in [0.5, 0.6) is 5.75 Å². The number of fused-ring (bicyclic) bond motifs is 1. The summed E-state index contributed by atoms with van der Waals surface area (Å²) in [6.07, 6.45) is 2.93. The molecule has 0 saturated heterocycles. The molecule has 2 heteroatoms. The van der Waals surface area contributed by atoms with Gasteiger partial charge in [-0.25, -0.2) is 0 Å². The summed E-state index contributed by atoms with van der Waals surface area (Å²) in [7, 11) is 0. The molecule has 1 heterocycles. The summed E-state index contributed by atoms with van der Waals surface area (Å²) in [5, 5.41) is 0. The number of para-hydroxylation sites is 1. The van der Waals surface area contributed by atoms with Crippen LogP contribution in [0.4, 0.5) is 0 Å². The predicted molar refractivity (Wildman–Crippen MR) is 84.3 cm³/mol. The zero-order valence-corrected chi connectivity index (χ0v) is 12.2. The molecule has 2 aliphatic rings. The fourth-order valence-corrected chi connectivity index (χ4v) is 3.13. The third-order valence-corrected chi connectivity index (χ3v) is 4.44. The topological polar surface area (TPSA) is 12.5 Å². The minimum absolute atomic E-state index is 0.133. The van der Waals surface area contributed by atoms with Gasteiger partial charge in [0.15, 0.2) is 0 Å². The van der Waals surface area contributed by atoms with Crippen molar-refractivity contribution in [2.75, 3.05) is 13.1 Å². The number of nitrogens with zero attached hydrogens (tertiary/aromatic N) is 1. The van der Waals surface area contributed by atoms with Gasteiger partial charge >= 0.3 is 0 Å². The van der Waals surface area contributed by atoms with Crippen molar-refractivity contribution in [1.82, 2.24) is 4.90 Å². The molecule has 108 valence electrons. The molecule has 2 nitrogen and oxygen atoms in total. The van der Waals surface area contributed by atoms with Crippen molar-refractivity contribution in [3.63, 3.8) is 0 Å². The van der Waals surface area contributed by atoms with E-state index in [1.807, 2.05) is 0 Å². The Hall–Kier alpha value is -1.80. The summed E-state index contributed by atoms with van der Waals surface area (Å²) in [5.41, 5.74) is 2.59. The molecule has 1 saturated carbocycles. The summed E-state index contributed by atoms with van der Waals surface area (Å²) in [6, 6.07) is 19.1. The maximum absolute atomic E-state index is 6.33. The average Bonchev–Trinajstić information content (AvgIpc) is 3.34. The molecule has 0 amide bonds. The number of rotatable bonds is 3. The standard InChI is InChI=1S/C19H21NO/c1-2-6-16(7-3-1)19-14-20(12-15-10-11-15)13-17-8-4-5-9-18(17)21-19/h1-9,15,19H,10-14H2/t19-/m0/s1. The molecular weight excluding hydrogens is 258 g/mol. The molecule has 0 spiro atoms. The SMILES string of the molecule is c1ccc([C@@H]2CN(CC3CC3)Cc3ccccc3O2)cc1. The van der Waals surface area contributed by atoms with Crippen LogP contribution in [0, 0.1) is 5.92 Å². The van der Waals surface area contributed by atoms with Crippen molar-refractivity contribution >= 4 is 0 Å². The minimum atomic E-state index is 0.133. The van der Waals surface area contributed by atoms with Crippen molar-refractivity contribution in [2.24, 2.45) is 5.92 Å². The van der Waals surface area contributed by atoms with Crippen molar-refractivity contribution in [1.29, 1.82) is 0 Å². The molecule has 21 heavy (non-hydrogen) atoms. The lowest BCUT2D eigenvalue weighted by molar-refractivity contribution is 0.145. The maximum Gasteiger partial charge on any atom is 0.136 e. The van der Waals surface area contributed by atoms with E-state index in [0.717, 1.165) is 24.8 Å². The zero-order chi connectivity index (χ0) is 14.1. The van der Waals surface area contributed by atoms with Crippen LogP contribution in [-0.2, 0) is 6.54 Å². The van der Waals surface area contributed by atoms with Crippen molar-refractivity contribution in [3.05, 3.63) is 65.7 Å². The molecule has 0 aromatic heterocycles. The van der Waals surface area contributed by atoms with Gasteiger partial charge in [0.1, 0.15) is 11.9 Å². The number of hydrogen-bond donors (Lipinski definition) is 0. The molecular formula is C19H21NO. The van der Waals surface area contributed by atoms with E-state index in [1.54, 1.807) is 0 Å². The van der Waals surface area contributed by atoms with Gasteiger partial charge in [-0.15, -0.1) is 0 Å². The summed E-state index contributed by atoms with van der Waals surface area (Å²) < 4.78 is 6.33. The Labute approximate surface area is 126 Å². The van der Waals surface area contributed by atoms with Crippen LogP contribution >= 0.6 is 0 Å². The fourth-order valence-electron chi connectivity index (χ4n) is 3.13. The van der Waals surface area contributed by atoms with E-state index in [-0.39, 0.29) is 6.10 Å². The summed E-state index contributed by atoms with van der Waals surface area (Å²) >= 11 is 0. The summed E-state index contributed by atoms with van der Waals surface area (Å²) in [5.74, 6) is 1.95. The lowest BCUT2D eigenvalue weighted by atomic mass is 10.1. The quantitative estimate of drug-likeness (QED) is 0.841. The first-order valence-electron chi connectivity index (χ1n) is 7.90. The molecule has 0 N–H and O–H groups in total. The van der Waals surface area contributed by atoms with Gasteiger partial charge in [0.05, 0.1) is 0 Å². The average molecular weight is 279 g/mol. The maximum atomic E-state index is 6.33. The van der Waals surface area contributed by atoms with E-state index < -0.39 is 0 Å². The van der Waals surface area contributed by atoms with Crippen molar-refractivity contribution < 1.29 is 4.74 Å². The summed E-state index contributed by atoms with van der Waals surface area (Å²) in [6.45, 7) is 3.20. The van der Waals surface area contributed by atoms with Gasteiger partial charge in [-0.2, -0.15) is 0 Å². The van der Waals surface area contributed by atoms with E-state index >= 15 is 0 Å². The molecule has 2 aromatic rings. The molecule has 0 bridgehead atoms. The second-order valence-electron chi connectivity index (χ2n) is 6.26. The molecule has 1 fully saturated rings. The Kier molecular flexibility index (Phi) is 3.40. The van der Waals surface area contributed by atoms with Crippen LogP contribution in [0.3, 0.4) is 0 Å². The lowest BCUT2D eigenvalue weighted by Crippen LogP contribution is -2.30. The minimum Gasteiger partial charge on any atom is -0.484 e. The van der Waals surface area contributed by atoms with Gasteiger partial charge in [-0.05, 0) is 30.4 Å². The number of hydrogen-bond acceptors (Lipinski definition) is 2. The highest BCUT2D eigenvalue weighted by atomic mass is 16.5. The van der Waals surface area contributed by atoms with Gasteiger partial charge < -0.3 is 4.74 Å². The first-order valence-corrected chi connectivity index (χ1v) is 7.90. The molecule has 1 aliphatic heterocycles. The lowest BCUT2D eigenvalue weighted by Gasteiger charge is -2.24. The molecule has 2 aromatic carbocycles. The van der Waals surface area contributed by atoms with Gasteiger partial charge in [0.2, 0.25) is 0 Å². The van der Waals surface area contributed by atoms with Gasteiger partial charge in [0, 0.05) is 25.2 Å². The highest BCUT2D eigenvalue weighted by Gasteiger charge is 2.29. The monoisotopic (exact) mass is 279 g/mol. The molecule has 0 unspecified atom stereocenters. The van der Waals surface area contributed by atoms with Gasteiger partial charge in [-0.3, -0.25) is 4.90 Å². The van der Waals surface area contributed by atoms with Crippen molar-refractivity contribution in [2.45, 2.75) is 25.5 Å². The second kappa shape index (κ2) is 5.53. The summed E-state index contributed by atoms with van der Waals surface area (Å²) in [4.78, 5) is 2.57. The van der Waals surface area contributed by atoms with Crippen LogP contribution < -0.4 is 4.74 Å². The Bertz CT molecular complexity index is 606. The first kappa shape index (κ1) is 12.9. The zero-order valence-electron chi connectivity index (χ0n) is 12.2. The van der Waals surface area contributed by atoms with Crippen LogP contribution in [0.15, 0.2) is 54.6 Å². The van der Waals surface area contributed by atoms with E-state index in [9.17, 15) is 0 Å². The Balaban J connectivity index is 1.64. The number of benzene rings is 2. The molecule has 1 aliphatic carbocycles. The van der Waals surface area contributed by atoms with Crippen LogP contribution in [0.25, 0.3) is 0 Å². The molecule has 1 atom stereocenters. The second-order valence-corrected chi connectivity index (χ2v) is 6.26. The third-order valence-electron chi connectivity index (χ3n) is 4.44. The largest absolute Gasteiger partial charge is 0.484 e. The van der Waals surface area contributed by atoms with Crippen LogP contribution in [0.1, 0.15) is 30.1 Å². The molecule has 0 radical (unpaired) electrons.